The second-order valence-corrected chi connectivity index (χ2v) is 6.44. The molecule has 3 nitrogen and oxygen atoms in total. The molecular formula is C19H21ClN2O. The molecule has 4 heteroatoms. The van der Waals surface area contributed by atoms with Crippen LogP contribution in [0, 0.1) is 0 Å². The van der Waals surface area contributed by atoms with Crippen molar-refractivity contribution in [3.63, 3.8) is 0 Å². The fourth-order valence-corrected chi connectivity index (χ4v) is 3.49. The summed E-state index contributed by atoms with van der Waals surface area (Å²) in [5, 5.41) is 0. The van der Waals surface area contributed by atoms with Gasteiger partial charge in [-0.25, -0.2) is 4.42 Å². The van der Waals surface area contributed by atoms with Crippen LogP contribution in [0.25, 0.3) is 0 Å². The summed E-state index contributed by atoms with van der Waals surface area (Å²) in [5.41, 5.74) is 2.40. The lowest BCUT2D eigenvalue weighted by molar-refractivity contribution is -0.124. The number of hydrogen-bond acceptors (Lipinski definition) is 3. The Balaban J connectivity index is 2.02. The Bertz CT molecular complexity index is 607. The topological polar surface area (TPSA) is 23.6 Å². The molecule has 1 heterocycles. The molecule has 1 aliphatic rings. The Morgan fingerprint density at radius 1 is 1.00 bits per heavy atom. The zero-order valence-corrected chi connectivity index (χ0v) is 14.0. The van der Waals surface area contributed by atoms with Gasteiger partial charge in [0.25, 0.3) is 0 Å². The number of Topliss-reactive ketones (excluding diaryl/α,β-unsaturated/α-hetero) is 1. The number of nitrogens with zero attached hydrogens (tertiary/aromatic N) is 2. The molecule has 2 aromatic carbocycles. The molecule has 1 unspecified atom stereocenters. The Morgan fingerprint density at radius 2 is 1.52 bits per heavy atom. The van der Waals surface area contributed by atoms with Crippen LogP contribution in [0.1, 0.15) is 24.1 Å². The molecule has 0 N–H and O–H groups in total. The molecule has 120 valence electrons. The molecule has 0 aromatic heterocycles. The van der Waals surface area contributed by atoms with Crippen LogP contribution >= 0.6 is 11.8 Å². The van der Waals surface area contributed by atoms with Crippen LogP contribution in [0.5, 0.6) is 0 Å². The van der Waals surface area contributed by atoms with Crippen LogP contribution in [0.15, 0.2) is 60.7 Å². The van der Waals surface area contributed by atoms with E-state index in [-0.39, 0.29) is 17.9 Å². The van der Waals surface area contributed by atoms with E-state index in [1.165, 1.54) is 11.1 Å². The van der Waals surface area contributed by atoms with Gasteiger partial charge in [0.05, 0.1) is 12.1 Å². The third kappa shape index (κ3) is 3.63. The maximum Gasteiger partial charge on any atom is 0.148 e. The number of benzene rings is 2. The average Bonchev–Trinajstić information content (AvgIpc) is 2.58. The number of carbonyl (C=O) groups is 1. The summed E-state index contributed by atoms with van der Waals surface area (Å²) in [6.45, 7) is 3.73. The number of carbonyl (C=O) groups excluding carboxylic acids is 1. The first-order valence-electron chi connectivity index (χ1n) is 7.93. The summed E-state index contributed by atoms with van der Waals surface area (Å²) < 4.78 is 1.72. The molecule has 0 amide bonds. The number of halogens is 1. The number of ketones is 1. The molecule has 2 aromatic rings. The standard InChI is InChI=1S/C19H21ClN2O/c1-15(23)18-14-21(20)12-13-22(18)19(16-8-4-2-5-9-16)17-10-6-3-7-11-17/h2-11,18-19H,12-14H2,1H3. The molecule has 0 aliphatic carbocycles. The van der Waals surface area contributed by atoms with E-state index in [1.807, 2.05) is 36.4 Å². The first-order chi connectivity index (χ1) is 11.2. The van der Waals surface area contributed by atoms with Crippen molar-refractivity contribution in [2.75, 3.05) is 19.6 Å². The Morgan fingerprint density at radius 3 is 2.00 bits per heavy atom. The predicted molar refractivity (Wildman–Crippen MR) is 93.3 cm³/mol. The Hall–Kier alpha value is -1.68. The molecule has 23 heavy (non-hydrogen) atoms. The summed E-state index contributed by atoms with van der Waals surface area (Å²) in [6.07, 6.45) is 0. The molecule has 0 radical (unpaired) electrons. The van der Waals surface area contributed by atoms with Crippen molar-refractivity contribution in [2.24, 2.45) is 0 Å². The van der Waals surface area contributed by atoms with Gasteiger partial charge in [0.2, 0.25) is 0 Å². The van der Waals surface area contributed by atoms with Crippen LogP contribution in [0.3, 0.4) is 0 Å². The molecule has 0 spiro atoms. The molecule has 0 bridgehead atoms. The fraction of sp³-hybridized carbons (Fsp3) is 0.316. The number of rotatable bonds is 4. The highest BCUT2D eigenvalue weighted by molar-refractivity contribution is 6.13. The van der Waals surface area contributed by atoms with Crippen molar-refractivity contribution >= 4 is 17.6 Å². The van der Waals surface area contributed by atoms with E-state index in [2.05, 4.69) is 29.2 Å². The van der Waals surface area contributed by atoms with Crippen LogP contribution < -0.4 is 0 Å². The first kappa shape index (κ1) is 16.2. The van der Waals surface area contributed by atoms with Crippen molar-refractivity contribution < 1.29 is 4.79 Å². The van der Waals surface area contributed by atoms with Crippen LogP contribution in [-0.4, -0.2) is 40.8 Å². The van der Waals surface area contributed by atoms with E-state index in [4.69, 9.17) is 11.8 Å². The van der Waals surface area contributed by atoms with Crippen LogP contribution in [0.4, 0.5) is 0 Å². The lowest BCUT2D eigenvalue weighted by Crippen LogP contribution is -2.54. The van der Waals surface area contributed by atoms with Gasteiger partial charge in [-0.1, -0.05) is 60.7 Å². The minimum Gasteiger partial charge on any atom is -0.298 e. The van der Waals surface area contributed by atoms with E-state index in [0.29, 0.717) is 6.54 Å². The van der Waals surface area contributed by atoms with Gasteiger partial charge in [-0.3, -0.25) is 9.69 Å². The molecule has 1 fully saturated rings. The maximum absolute atomic E-state index is 12.2. The second kappa shape index (κ2) is 7.26. The van der Waals surface area contributed by atoms with Crippen LogP contribution in [-0.2, 0) is 4.79 Å². The van der Waals surface area contributed by atoms with Gasteiger partial charge in [-0.15, -0.1) is 0 Å². The predicted octanol–water partition coefficient (Wildman–Crippen LogP) is 3.51. The zero-order chi connectivity index (χ0) is 16.2. The van der Waals surface area contributed by atoms with Crippen molar-refractivity contribution in [3.8, 4) is 0 Å². The SMILES string of the molecule is CC(=O)C1CN(Cl)CCN1C(c1ccccc1)c1ccccc1. The molecule has 1 aliphatic heterocycles. The highest BCUT2D eigenvalue weighted by atomic mass is 35.5. The monoisotopic (exact) mass is 328 g/mol. The highest BCUT2D eigenvalue weighted by Gasteiger charge is 2.35. The lowest BCUT2D eigenvalue weighted by Gasteiger charge is -2.42. The van der Waals surface area contributed by atoms with Gasteiger partial charge in [0.1, 0.15) is 5.78 Å². The number of hydrogen-bond donors (Lipinski definition) is 0. The third-order valence-electron chi connectivity index (χ3n) is 4.40. The smallest absolute Gasteiger partial charge is 0.148 e. The molecule has 1 saturated heterocycles. The summed E-state index contributed by atoms with van der Waals surface area (Å²) in [4.78, 5) is 14.5. The summed E-state index contributed by atoms with van der Waals surface area (Å²) >= 11 is 6.17. The number of piperazine rings is 1. The van der Waals surface area contributed by atoms with E-state index in [1.54, 1.807) is 11.3 Å². The summed E-state index contributed by atoms with van der Waals surface area (Å²) in [5.74, 6) is 0.159. The average molecular weight is 329 g/mol. The maximum atomic E-state index is 12.2. The van der Waals surface area contributed by atoms with Gasteiger partial charge in [-0.05, 0) is 29.8 Å². The van der Waals surface area contributed by atoms with Gasteiger partial charge in [-0.2, -0.15) is 0 Å². The van der Waals surface area contributed by atoms with E-state index >= 15 is 0 Å². The fourth-order valence-electron chi connectivity index (χ4n) is 3.28. The van der Waals surface area contributed by atoms with Crippen molar-refractivity contribution in [2.45, 2.75) is 19.0 Å². The minimum atomic E-state index is -0.188. The summed E-state index contributed by atoms with van der Waals surface area (Å²) in [7, 11) is 0. The van der Waals surface area contributed by atoms with Crippen molar-refractivity contribution in [3.05, 3.63) is 71.8 Å². The van der Waals surface area contributed by atoms with Crippen molar-refractivity contribution in [1.29, 1.82) is 0 Å². The molecular weight excluding hydrogens is 308 g/mol. The normalized spacial score (nSPS) is 19.9. The molecule has 3 rings (SSSR count). The zero-order valence-electron chi connectivity index (χ0n) is 13.2. The quantitative estimate of drug-likeness (QED) is 0.802. The van der Waals surface area contributed by atoms with Gasteiger partial charge in [0.15, 0.2) is 0 Å². The highest BCUT2D eigenvalue weighted by Crippen LogP contribution is 2.32. The Kier molecular flexibility index (Phi) is 5.11. The Labute approximate surface area is 142 Å². The third-order valence-corrected chi connectivity index (χ3v) is 4.71. The minimum absolute atomic E-state index is 0.0664. The summed E-state index contributed by atoms with van der Waals surface area (Å²) in [6, 6.07) is 20.6. The molecule has 0 saturated carbocycles. The second-order valence-electron chi connectivity index (χ2n) is 5.96. The van der Waals surface area contributed by atoms with Gasteiger partial charge < -0.3 is 0 Å². The first-order valence-corrected chi connectivity index (χ1v) is 8.27. The lowest BCUT2D eigenvalue weighted by atomic mass is 9.94. The van der Waals surface area contributed by atoms with E-state index in [9.17, 15) is 4.79 Å². The van der Waals surface area contributed by atoms with E-state index < -0.39 is 0 Å². The largest absolute Gasteiger partial charge is 0.298 e. The van der Waals surface area contributed by atoms with Crippen molar-refractivity contribution in [1.82, 2.24) is 9.32 Å². The van der Waals surface area contributed by atoms with E-state index in [0.717, 1.165) is 13.1 Å². The van der Waals surface area contributed by atoms with Crippen LogP contribution in [0.2, 0.25) is 0 Å². The van der Waals surface area contributed by atoms with Gasteiger partial charge in [0, 0.05) is 19.6 Å². The molecule has 1 atom stereocenters. The van der Waals surface area contributed by atoms with Gasteiger partial charge >= 0.3 is 0 Å².